The van der Waals surface area contributed by atoms with Crippen LogP contribution in [0.25, 0.3) is 0 Å². The van der Waals surface area contributed by atoms with E-state index in [0.29, 0.717) is 19.5 Å². The molecule has 7 nitrogen and oxygen atoms in total. The number of hydrogen-bond acceptors (Lipinski definition) is 4. The number of nitrogens with zero attached hydrogens (tertiary/aromatic N) is 3. The van der Waals surface area contributed by atoms with Crippen LogP contribution in [-0.4, -0.2) is 50.1 Å². The number of amides is 3. The molecule has 0 atom stereocenters. The van der Waals surface area contributed by atoms with E-state index in [1.54, 1.807) is 7.11 Å². The fraction of sp³-hybridized carbons (Fsp3) is 0.375. The Kier molecular flexibility index (Phi) is 6.34. The maximum Gasteiger partial charge on any atom is 0.322 e. The Morgan fingerprint density at radius 2 is 1.56 bits per heavy atom. The van der Waals surface area contributed by atoms with Gasteiger partial charge in [-0.15, -0.1) is 0 Å². The quantitative estimate of drug-likeness (QED) is 0.488. The van der Waals surface area contributed by atoms with Gasteiger partial charge in [-0.25, -0.2) is 4.79 Å². The molecule has 2 fully saturated rings. The Balaban J connectivity index is 1.23. The number of rotatable bonds is 6. The first kappa shape index (κ1) is 25.4. The van der Waals surface area contributed by atoms with Gasteiger partial charge < -0.3 is 15.0 Å². The average Bonchev–Trinajstić information content (AvgIpc) is 3.45. The number of carbonyl (C=O) groups is 2. The Morgan fingerprint density at radius 3 is 2.23 bits per heavy atom. The smallest absolute Gasteiger partial charge is 0.322 e. The summed E-state index contributed by atoms with van der Waals surface area (Å²) in [6.45, 7) is 1.11. The van der Waals surface area contributed by atoms with E-state index in [0.717, 1.165) is 53.9 Å². The van der Waals surface area contributed by atoms with Crippen LogP contribution in [0.5, 0.6) is 5.75 Å². The van der Waals surface area contributed by atoms with Crippen molar-refractivity contribution < 1.29 is 14.3 Å². The molecule has 2 heterocycles. The van der Waals surface area contributed by atoms with Crippen molar-refractivity contribution in [2.24, 2.45) is 0 Å². The van der Waals surface area contributed by atoms with Crippen molar-refractivity contribution in [2.75, 3.05) is 37.5 Å². The molecular weight excluding hydrogens is 488 g/mol. The molecule has 3 aliphatic rings. The maximum absolute atomic E-state index is 13.4. The normalized spacial score (nSPS) is 24.4. The predicted molar refractivity (Wildman–Crippen MR) is 153 cm³/mol. The van der Waals surface area contributed by atoms with Gasteiger partial charge in [0.1, 0.15) is 5.75 Å². The van der Waals surface area contributed by atoms with E-state index in [9.17, 15) is 9.59 Å². The predicted octanol–water partition coefficient (Wildman–Crippen LogP) is 5.08. The summed E-state index contributed by atoms with van der Waals surface area (Å²) in [5, 5.41) is 3.37. The number of nitrogens with one attached hydrogen (secondary N) is 1. The van der Waals surface area contributed by atoms with Gasteiger partial charge in [0.2, 0.25) is 5.91 Å². The Labute approximate surface area is 230 Å². The lowest BCUT2D eigenvalue weighted by molar-refractivity contribution is -0.117. The topological polar surface area (TPSA) is 65.1 Å². The summed E-state index contributed by atoms with van der Waals surface area (Å²) >= 11 is 0. The molecule has 3 aromatic carbocycles. The molecule has 6 rings (SSSR count). The zero-order valence-electron chi connectivity index (χ0n) is 22.9. The van der Waals surface area contributed by atoms with Crippen molar-refractivity contribution in [3.63, 3.8) is 0 Å². The first-order valence-electron chi connectivity index (χ1n) is 13.7. The maximum atomic E-state index is 13.4. The molecule has 1 N–H and O–H groups in total. The van der Waals surface area contributed by atoms with E-state index in [-0.39, 0.29) is 23.0 Å². The van der Waals surface area contributed by atoms with Crippen LogP contribution in [0.3, 0.4) is 0 Å². The molecule has 39 heavy (non-hydrogen) atoms. The molecule has 0 aromatic heterocycles. The molecule has 2 aliphatic heterocycles. The first-order chi connectivity index (χ1) is 18.8. The first-order valence-corrected chi connectivity index (χ1v) is 13.7. The van der Waals surface area contributed by atoms with Gasteiger partial charge >= 0.3 is 6.03 Å². The number of hydrogen-bond donors (Lipinski definition) is 1. The van der Waals surface area contributed by atoms with Crippen molar-refractivity contribution >= 4 is 23.3 Å². The molecule has 0 radical (unpaired) electrons. The van der Waals surface area contributed by atoms with Crippen LogP contribution >= 0.6 is 0 Å². The van der Waals surface area contributed by atoms with E-state index < -0.39 is 0 Å². The second-order valence-corrected chi connectivity index (χ2v) is 11.4. The Bertz CT molecular complexity index is 1380. The standard InChI is InChI=1S/C32H36N4O3/c1-34(2)32(24-8-5-4-6-9-24)18-16-31(17-19-32)22-36(30(38)33-31)28-11-7-10-27-26(28)20-29(37)35(27)21-23-12-14-25(39-3)15-13-23/h4-15H,16-22H2,1-3H3,(H,33,38)/t31-,32-. The van der Waals surface area contributed by atoms with Crippen LogP contribution < -0.4 is 19.9 Å². The summed E-state index contributed by atoms with van der Waals surface area (Å²) in [5.41, 5.74) is 4.74. The van der Waals surface area contributed by atoms with Crippen molar-refractivity contribution in [1.29, 1.82) is 0 Å². The summed E-state index contributed by atoms with van der Waals surface area (Å²) in [6, 6.07) is 24.4. The zero-order chi connectivity index (χ0) is 27.2. The second kappa shape index (κ2) is 9.72. The van der Waals surface area contributed by atoms with Crippen molar-refractivity contribution in [1.82, 2.24) is 10.2 Å². The highest BCUT2D eigenvalue weighted by Gasteiger charge is 2.50. The van der Waals surface area contributed by atoms with Gasteiger partial charge in [-0.2, -0.15) is 0 Å². The minimum atomic E-state index is -0.264. The highest BCUT2D eigenvalue weighted by molar-refractivity contribution is 6.06. The van der Waals surface area contributed by atoms with Crippen LogP contribution in [0.1, 0.15) is 42.4 Å². The molecule has 0 bridgehead atoms. The van der Waals surface area contributed by atoms with Gasteiger partial charge in [-0.05, 0) is 75.2 Å². The number of ether oxygens (including phenoxy) is 1. The SMILES string of the molecule is COc1ccc(CN2C(=O)Cc3c2cccc3N2C[C@]3(CC[C@@](c4ccccc4)(N(C)C)CC3)NC2=O)cc1. The molecule has 3 amide bonds. The summed E-state index contributed by atoms with van der Waals surface area (Å²) in [6.07, 6.45) is 4.05. The van der Waals surface area contributed by atoms with E-state index in [2.05, 4.69) is 54.6 Å². The Morgan fingerprint density at radius 1 is 0.872 bits per heavy atom. The van der Waals surface area contributed by atoms with Gasteiger partial charge in [0, 0.05) is 16.8 Å². The molecule has 1 saturated carbocycles. The number of anilines is 2. The molecule has 3 aromatic rings. The van der Waals surface area contributed by atoms with Gasteiger partial charge in [0.25, 0.3) is 0 Å². The lowest BCUT2D eigenvalue weighted by atomic mass is 9.69. The van der Waals surface area contributed by atoms with Crippen LogP contribution in [-0.2, 0) is 23.3 Å². The zero-order valence-corrected chi connectivity index (χ0v) is 22.9. The average molecular weight is 525 g/mol. The molecule has 202 valence electrons. The number of carbonyl (C=O) groups excluding carboxylic acids is 2. The van der Waals surface area contributed by atoms with Crippen molar-refractivity contribution in [2.45, 2.75) is 49.7 Å². The van der Waals surface area contributed by atoms with E-state index in [4.69, 9.17) is 4.74 Å². The van der Waals surface area contributed by atoms with Gasteiger partial charge in [0.15, 0.2) is 0 Å². The molecular formula is C32H36N4O3. The number of urea groups is 1. The van der Waals surface area contributed by atoms with E-state index >= 15 is 0 Å². The Hall–Kier alpha value is -3.84. The highest BCUT2D eigenvalue weighted by atomic mass is 16.5. The highest BCUT2D eigenvalue weighted by Crippen LogP contribution is 2.47. The summed E-state index contributed by atoms with van der Waals surface area (Å²) in [4.78, 5) is 32.6. The third-order valence-corrected chi connectivity index (χ3v) is 9.12. The van der Waals surface area contributed by atoms with Crippen LogP contribution in [0.15, 0.2) is 72.8 Å². The lowest BCUT2D eigenvalue weighted by Crippen LogP contribution is -2.54. The van der Waals surface area contributed by atoms with Crippen LogP contribution in [0, 0.1) is 0 Å². The minimum Gasteiger partial charge on any atom is -0.497 e. The van der Waals surface area contributed by atoms with Crippen molar-refractivity contribution in [3.05, 3.63) is 89.5 Å². The fourth-order valence-electron chi connectivity index (χ4n) is 6.79. The largest absolute Gasteiger partial charge is 0.497 e. The van der Waals surface area contributed by atoms with Gasteiger partial charge in [0.05, 0.1) is 37.8 Å². The third-order valence-electron chi connectivity index (χ3n) is 9.12. The molecule has 7 heteroatoms. The van der Waals surface area contributed by atoms with E-state index in [1.807, 2.05) is 52.3 Å². The molecule has 0 unspecified atom stereocenters. The van der Waals surface area contributed by atoms with Gasteiger partial charge in [-0.1, -0.05) is 48.5 Å². The third kappa shape index (κ3) is 4.35. The number of benzene rings is 3. The number of methoxy groups -OCH3 is 1. The molecule has 1 spiro atoms. The summed E-state index contributed by atoms with van der Waals surface area (Å²) in [5.74, 6) is 0.844. The monoisotopic (exact) mass is 524 g/mol. The minimum absolute atomic E-state index is 0.0347. The second-order valence-electron chi connectivity index (χ2n) is 11.4. The molecule has 1 aliphatic carbocycles. The van der Waals surface area contributed by atoms with Crippen molar-refractivity contribution in [3.8, 4) is 5.75 Å². The summed E-state index contributed by atoms with van der Waals surface area (Å²) < 4.78 is 5.27. The summed E-state index contributed by atoms with van der Waals surface area (Å²) in [7, 11) is 5.96. The molecule has 1 saturated heterocycles. The fourth-order valence-corrected chi connectivity index (χ4v) is 6.79. The van der Waals surface area contributed by atoms with Crippen LogP contribution in [0.4, 0.5) is 16.2 Å². The van der Waals surface area contributed by atoms with Crippen LogP contribution in [0.2, 0.25) is 0 Å². The van der Waals surface area contributed by atoms with E-state index in [1.165, 1.54) is 5.56 Å². The lowest BCUT2D eigenvalue weighted by Gasteiger charge is -2.48. The number of fused-ring (bicyclic) bond motifs is 1. The van der Waals surface area contributed by atoms with Gasteiger partial charge in [-0.3, -0.25) is 14.6 Å².